The zero-order valence-corrected chi connectivity index (χ0v) is 16.5. The van der Waals surface area contributed by atoms with Gasteiger partial charge < -0.3 is 10.6 Å². The molecule has 2 aromatic rings. The highest BCUT2D eigenvalue weighted by atomic mass is 35.5. The third kappa shape index (κ3) is 4.98. The molecule has 6 heteroatoms. The largest absolute Gasteiger partial charge is 0.375 e. The second-order valence-corrected chi connectivity index (χ2v) is 8.54. The predicted molar refractivity (Wildman–Crippen MR) is 104 cm³/mol. The lowest BCUT2D eigenvalue weighted by Crippen LogP contribution is -2.29. The first-order valence-electron chi connectivity index (χ1n) is 8.38. The molecule has 0 aliphatic rings. The summed E-state index contributed by atoms with van der Waals surface area (Å²) >= 11 is 6.10. The fourth-order valence-electron chi connectivity index (χ4n) is 2.32. The van der Waals surface area contributed by atoms with Crippen LogP contribution in [0.3, 0.4) is 0 Å². The number of hydrogen-bond donors (Lipinski definition) is 2. The second-order valence-electron chi connectivity index (χ2n) is 8.13. The molecule has 0 saturated heterocycles. The van der Waals surface area contributed by atoms with E-state index in [1.807, 2.05) is 28.9 Å². The summed E-state index contributed by atoms with van der Waals surface area (Å²) in [5, 5.41) is 11.3. The number of anilines is 2. The average molecular weight is 363 g/mol. The highest BCUT2D eigenvalue weighted by Gasteiger charge is 2.25. The van der Waals surface area contributed by atoms with Crippen molar-refractivity contribution in [1.82, 2.24) is 9.78 Å². The molecule has 2 rings (SSSR count). The van der Waals surface area contributed by atoms with E-state index in [4.69, 9.17) is 16.7 Å². The quantitative estimate of drug-likeness (QED) is 0.832. The number of para-hydroxylation sites is 1. The van der Waals surface area contributed by atoms with E-state index in [2.05, 4.69) is 52.2 Å². The molecule has 5 nitrogen and oxygen atoms in total. The number of carbonyl (C=O) groups excluding carboxylic acids is 1. The number of hydrogen-bond acceptors (Lipinski definition) is 3. The Kier molecular flexibility index (Phi) is 5.47. The molecule has 0 radical (unpaired) electrons. The SMILES string of the molecule is CC(C)(C)c1cc(NC(=O)CNc2ccccc2Cl)n(C(C)(C)C)n1. The molecular formula is C19H27ClN4O. The van der Waals surface area contributed by atoms with Gasteiger partial charge in [-0.2, -0.15) is 5.10 Å². The molecule has 0 atom stereocenters. The minimum atomic E-state index is -0.234. The van der Waals surface area contributed by atoms with Crippen molar-refractivity contribution in [2.75, 3.05) is 17.2 Å². The summed E-state index contributed by atoms with van der Waals surface area (Å²) in [5.74, 6) is 0.550. The van der Waals surface area contributed by atoms with Crippen LogP contribution >= 0.6 is 11.6 Å². The van der Waals surface area contributed by atoms with E-state index < -0.39 is 0 Å². The van der Waals surface area contributed by atoms with Crippen LogP contribution in [0.1, 0.15) is 47.2 Å². The molecule has 0 fully saturated rings. The maximum Gasteiger partial charge on any atom is 0.244 e. The van der Waals surface area contributed by atoms with E-state index in [1.54, 1.807) is 6.07 Å². The van der Waals surface area contributed by atoms with Crippen molar-refractivity contribution in [3.63, 3.8) is 0 Å². The van der Waals surface area contributed by atoms with Crippen molar-refractivity contribution in [1.29, 1.82) is 0 Å². The number of aromatic nitrogens is 2. The normalized spacial score (nSPS) is 12.1. The molecular weight excluding hydrogens is 336 g/mol. The fraction of sp³-hybridized carbons (Fsp3) is 0.474. The second kappa shape index (κ2) is 7.08. The molecule has 0 aliphatic heterocycles. The van der Waals surface area contributed by atoms with Crippen molar-refractivity contribution in [2.24, 2.45) is 0 Å². The van der Waals surface area contributed by atoms with Gasteiger partial charge in [0.25, 0.3) is 0 Å². The number of nitrogens with one attached hydrogen (secondary N) is 2. The molecule has 25 heavy (non-hydrogen) atoms. The first kappa shape index (κ1) is 19.3. The van der Waals surface area contributed by atoms with Crippen LogP contribution in [0.2, 0.25) is 5.02 Å². The van der Waals surface area contributed by atoms with E-state index in [-0.39, 0.29) is 23.4 Å². The first-order valence-corrected chi connectivity index (χ1v) is 8.75. The summed E-state index contributed by atoms with van der Waals surface area (Å²) in [5.41, 5.74) is 1.35. The number of halogens is 1. The van der Waals surface area contributed by atoms with E-state index in [0.717, 1.165) is 11.4 Å². The Bertz CT molecular complexity index is 754. The van der Waals surface area contributed by atoms with E-state index in [1.165, 1.54) is 0 Å². The molecule has 1 aromatic heterocycles. The van der Waals surface area contributed by atoms with E-state index in [0.29, 0.717) is 10.8 Å². The van der Waals surface area contributed by atoms with Crippen LogP contribution in [0.5, 0.6) is 0 Å². The Balaban J connectivity index is 2.14. The van der Waals surface area contributed by atoms with Gasteiger partial charge in [-0.1, -0.05) is 44.5 Å². The molecule has 0 spiro atoms. The molecule has 1 amide bonds. The van der Waals surface area contributed by atoms with Crippen LogP contribution in [0.25, 0.3) is 0 Å². The zero-order valence-electron chi connectivity index (χ0n) is 15.8. The van der Waals surface area contributed by atoms with Gasteiger partial charge in [-0.05, 0) is 32.9 Å². The van der Waals surface area contributed by atoms with Gasteiger partial charge in [0.1, 0.15) is 5.82 Å². The van der Waals surface area contributed by atoms with Crippen molar-refractivity contribution in [3.05, 3.63) is 41.0 Å². The Morgan fingerprint density at radius 1 is 1.16 bits per heavy atom. The lowest BCUT2D eigenvalue weighted by atomic mass is 9.92. The minimum Gasteiger partial charge on any atom is -0.375 e. The number of nitrogens with zero attached hydrogens (tertiary/aromatic N) is 2. The van der Waals surface area contributed by atoms with Crippen LogP contribution in [0.4, 0.5) is 11.5 Å². The number of rotatable bonds is 4. The average Bonchev–Trinajstić information content (AvgIpc) is 2.90. The van der Waals surface area contributed by atoms with Crippen LogP contribution < -0.4 is 10.6 Å². The van der Waals surface area contributed by atoms with Gasteiger partial charge in [-0.25, -0.2) is 4.68 Å². The number of benzene rings is 1. The van der Waals surface area contributed by atoms with Gasteiger partial charge >= 0.3 is 0 Å². The number of carbonyl (C=O) groups is 1. The van der Waals surface area contributed by atoms with Gasteiger partial charge in [-0.3, -0.25) is 4.79 Å². The molecule has 0 aliphatic carbocycles. The lowest BCUT2D eigenvalue weighted by Gasteiger charge is -2.23. The van der Waals surface area contributed by atoms with Crippen molar-refractivity contribution >= 4 is 29.0 Å². The zero-order chi connectivity index (χ0) is 18.8. The maximum atomic E-state index is 12.4. The molecule has 0 unspecified atom stereocenters. The summed E-state index contributed by atoms with van der Waals surface area (Å²) < 4.78 is 1.86. The molecule has 1 heterocycles. The summed E-state index contributed by atoms with van der Waals surface area (Å²) in [6.45, 7) is 12.6. The summed E-state index contributed by atoms with van der Waals surface area (Å²) in [7, 11) is 0. The minimum absolute atomic E-state index is 0.0915. The van der Waals surface area contributed by atoms with Crippen molar-refractivity contribution < 1.29 is 4.79 Å². The van der Waals surface area contributed by atoms with Gasteiger partial charge in [-0.15, -0.1) is 0 Å². The van der Waals surface area contributed by atoms with Crippen molar-refractivity contribution in [3.8, 4) is 0 Å². The third-order valence-electron chi connectivity index (χ3n) is 3.69. The molecule has 0 saturated carbocycles. The number of amides is 1. The molecule has 1 aromatic carbocycles. The standard InChI is InChI=1S/C19H27ClN4O/c1-18(2,3)15-11-16(24(23-15)19(4,5)6)22-17(25)12-21-14-10-8-7-9-13(14)20/h7-11,21H,12H2,1-6H3,(H,22,25). The van der Waals surface area contributed by atoms with Crippen molar-refractivity contribution in [2.45, 2.75) is 52.5 Å². The Labute approximate surface area is 154 Å². The highest BCUT2D eigenvalue weighted by molar-refractivity contribution is 6.33. The Morgan fingerprint density at radius 3 is 2.36 bits per heavy atom. The molecule has 0 bridgehead atoms. The lowest BCUT2D eigenvalue weighted by molar-refractivity contribution is -0.114. The van der Waals surface area contributed by atoms with Gasteiger partial charge in [0, 0.05) is 11.5 Å². The molecule has 136 valence electrons. The first-order chi connectivity index (χ1) is 11.5. The van der Waals surface area contributed by atoms with Gasteiger partial charge in [0.2, 0.25) is 5.91 Å². The smallest absolute Gasteiger partial charge is 0.244 e. The topological polar surface area (TPSA) is 59.0 Å². The monoisotopic (exact) mass is 362 g/mol. The molecule has 2 N–H and O–H groups in total. The predicted octanol–water partition coefficient (Wildman–Crippen LogP) is 4.64. The van der Waals surface area contributed by atoms with Crippen LogP contribution in [-0.2, 0) is 15.7 Å². The summed E-state index contributed by atoms with van der Waals surface area (Å²) in [6, 6.07) is 9.29. The summed E-state index contributed by atoms with van der Waals surface area (Å²) in [6.07, 6.45) is 0. The van der Waals surface area contributed by atoms with E-state index in [9.17, 15) is 4.79 Å². The van der Waals surface area contributed by atoms with Gasteiger partial charge in [0.05, 0.1) is 28.5 Å². The highest BCUT2D eigenvalue weighted by Crippen LogP contribution is 2.28. The fourth-order valence-corrected chi connectivity index (χ4v) is 2.52. The third-order valence-corrected chi connectivity index (χ3v) is 4.02. The van der Waals surface area contributed by atoms with Crippen LogP contribution in [-0.4, -0.2) is 22.2 Å². The van der Waals surface area contributed by atoms with Crippen LogP contribution in [0, 0.1) is 0 Å². The summed E-state index contributed by atoms with van der Waals surface area (Å²) in [4.78, 5) is 12.4. The Hall–Kier alpha value is -2.01. The van der Waals surface area contributed by atoms with E-state index >= 15 is 0 Å². The van der Waals surface area contributed by atoms with Gasteiger partial charge in [0.15, 0.2) is 0 Å². The Morgan fingerprint density at radius 2 is 1.80 bits per heavy atom. The van der Waals surface area contributed by atoms with Crippen LogP contribution in [0.15, 0.2) is 30.3 Å². The maximum absolute atomic E-state index is 12.4.